The molecule has 1 unspecified atom stereocenters. The van der Waals surface area contributed by atoms with Gasteiger partial charge in [-0.2, -0.15) is 0 Å². The van der Waals surface area contributed by atoms with E-state index in [1.807, 2.05) is 96.0 Å². The predicted octanol–water partition coefficient (Wildman–Crippen LogP) is 4.23. The van der Waals surface area contributed by atoms with Crippen LogP contribution in [0.4, 0.5) is 0 Å². The SMILES string of the molecule is O=C(O)C(Cc1c[nH]cn1)N(n1ccnc1)C(c1ccccc1)(c1ccccc1)c1ccccc1. The molecule has 7 nitrogen and oxygen atoms in total. The fraction of sp³-hybridized carbons (Fsp3) is 0.107. The lowest BCUT2D eigenvalue weighted by Gasteiger charge is -2.49. The monoisotopic (exact) mass is 463 g/mol. The van der Waals surface area contributed by atoms with Gasteiger partial charge in [0.05, 0.1) is 12.0 Å². The van der Waals surface area contributed by atoms with Gasteiger partial charge in [-0.05, 0) is 16.7 Å². The second-order valence-corrected chi connectivity index (χ2v) is 8.21. The van der Waals surface area contributed by atoms with E-state index in [0.717, 1.165) is 16.7 Å². The maximum atomic E-state index is 13.0. The molecule has 35 heavy (non-hydrogen) atoms. The first-order valence-electron chi connectivity index (χ1n) is 11.4. The van der Waals surface area contributed by atoms with Gasteiger partial charge in [0.1, 0.15) is 17.9 Å². The summed E-state index contributed by atoms with van der Waals surface area (Å²) in [6.45, 7) is 0. The van der Waals surface area contributed by atoms with Crippen molar-refractivity contribution in [3.05, 3.63) is 145 Å². The van der Waals surface area contributed by atoms with Crippen LogP contribution in [0.2, 0.25) is 0 Å². The Labute approximate surface area is 203 Å². The highest BCUT2D eigenvalue weighted by Gasteiger charge is 2.48. The van der Waals surface area contributed by atoms with Crippen LogP contribution in [0.5, 0.6) is 0 Å². The van der Waals surface area contributed by atoms with Crippen molar-refractivity contribution in [2.24, 2.45) is 0 Å². The Morgan fingerprint density at radius 1 is 0.914 bits per heavy atom. The largest absolute Gasteiger partial charge is 0.480 e. The van der Waals surface area contributed by atoms with Gasteiger partial charge in [-0.15, -0.1) is 0 Å². The minimum atomic E-state index is -0.996. The highest BCUT2D eigenvalue weighted by Crippen LogP contribution is 2.43. The van der Waals surface area contributed by atoms with Crippen LogP contribution in [0.15, 0.2) is 122 Å². The van der Waals surface area contributed by atoms with E-state index in [-0.39, 0.29) is 6.42 Å². The van der Waals surface area contributed by atoms with Gasteiger partial charge in [-0.25, -0.2) is 14.8 Å². The number of aliphatic carboxylic acids is 1. The van der Waals surface area contributed by atoms with Crippen LogP contribution in [0.25, 0.3) is 0 Å². The fourth-order valence-corrected chi connectivity index (χ4v) is 4.76. The lowest BCUT2D eigenvalue weighted by atomic mass is 9.75. The van der Waals surface area contributed by atoms with Crippen molar-refractivity contribution in [3.8, 4) is 0 Å². The number of H-pyrrole nitrogens is 1. The van der Waals surface area contributed by atoms with Crippen molar-refractivity contribution in [1.29, 1.82) is 0 Å². The van der Waals surface area contributed by atoms with E-state index in [9.17, 15) is 9.90 Å². The Balaban J connectivity index is 1.87. The van der Waals surface area contributed by atoms with Crippen LogP contribution in [-0.2, 0) is 16.8 Å². The molecule has 1 atom stereocenters. The van der Waals surface area contributed by atoms with Gasteiger partial charge in [0.25, 0.3) is 0 Å². The number of carbonyl (C=O) groups is 1. The molecule has 0 saturated carbocycles. The molecule has 2 aromatic heterocycles. The molecule has 2 N–H and O–H groups in total. The van der Waals surface area contributed by atoms with Gasteiger partial charge in [0.15, 0.2) is 0 Å². The molecule has 174 valence electrons. The first kappa shape index (κ1) is 22.2. The molecule has 5 aromatic rings. The van der Waals surface area contributed by atoms with E-state index < -0.39 is 17.6 Å². The summed E-state index contributed by atoms with van der Waals surface area (Å²) in [5.41, 5.74) is 2.45. The van der Waals surface area contributed by atoms with Gasteiger partial charge < -0.3 is 10.1 Å². The molecule has 2 heterocycles. The number of aromatic nitrogens is 4. The maximum Gasteiger partial charge on any atom is 0.328 e. The summed E-state index contributed by atoms with van der Waals surface area (Å²) in [4.78, 5) is 24.5. The van der Waals surface area contributed by atoms with Crippen LogP contribution in [0.1, 0.15) is 22.4 Å². The summed E-state index contributed by atoms with van der Waals surface area (Å²) in [7, 11) is 0. The van der Waals surface area contributed by atoms with Crippen LogP contribution >= 0.6 is 0 Å². The zero-order valence-electron chi connectivity index (χ0n) is 19.0. The third-order valence-electron chi connectivity index (χ3n) is 6.20. The van der Waals surface area contributed by atoms with E-state index >= 15 is 0 Å². The second-order valence-electron chi connectivity index (χ2n) is 8.21. The fourth-order valence-electron chi connectivity index (χ4n) is 4.76. The van der Waals surface area contributed by atoms with E-state index in [2.05, 4.69) is 15.0 Å². The molecular formula is C28H25N5O2. The van der Waals surface area contributed by atoms with Crippen LogP contribution in [-0.4, -0.2) is 36.7 Å². The zero-order chi connectivity index (χ0) is 24.1. The minimum Gasteiger partial charge on any atom is -0.480 e. The number of nitrogens with one attached hydrogen (secondary N) is 1. The molecule has 0 amide bonds. The number of hydrogen-bond acceptors (Lipinski definition) is 4. The third kappa shape index (κ3) is 4.08. The molecule has 0 saturated heterocycles. The maximum absolute atomic E-state index is 13.0. The van der Waals surface area contributed by atoms with Gasteiger partial charge in [-0.3, -0.25) is 9.69 Å². The number of benzene rings is 3. The second kappa shape index (κ2) is 9.69. The Kier molecular flexibility index (Phi) is 6.13. The van der Waals surface area contributed by atoms with E-state index in [1.54, 1.807) is 35.9 Å². The summed E-state index contributed by atoms with van der Waals surface area (Å²) in [6.07, 6.45) is 8.57. The summed E-state index contributed by atoms with van der Waals surface area (Å²) < 4.78 is 1.78. The van der Waals surface area contributed by atoms with E-state index in [1.165, 1.54) is 0 Å². The molecule has 0 radical (unpaired) electrons. The smallest absolute Gasteiger partial charge is 0.328 e. The quantitative estimate of drug-likeness (QED) is 0.320. The lowest BCUT2D eigenvalue weighted by Crippen LogP contribution is -2.61. The topological polar surface area (TPSA) is 87.0 Å². The van der Waals surface area contributed by atoms with Crippen LogP contribution in [0, 0.1) is 0 Å². The molecular weight excluding hydrogens is 438 g/mol. The summed E-state index contributed by atoms with van der Waals surface area (Å²) in [5.74, 6) is -0.964. The summed E-state index contributed by atoms with van der Waals surface area (Å²) in [5, 5.41) is 12.5. The average Bonchev–Trinajstić information content (AvgIpc) is 3.62. The Morgan fingerprint density at radius 3 is 1.86 bits per heavy atom. The first-order chi connectivity index (χ1) is 17.2. The van der Waals surface area contributed by atoms with Crippen molar-refractivity contribution in [2.75, 3.05) is 5.01 Å². The van der Waals surface area contributed by atoms with Crippen molar-refractivity contribution >= 4 is 5.97 Å². The molecule has 7 heteroatoms. The molecule has 5 rings (SSSR count). The molecule has 0 aliphatic rings. The number of aromatic amines is 1. The van der Waals surface area contributed by atoms with E-state index in [0.29, 0.717) is 5.69 Å². The highest BCUT2D eigenvalue weighted by atomic mass is 16.4. The third-order valence-corrected chi connectivity index (χ3v) is 6.20. The Morgan fingerprint density at radius 2 is 1.46 bits per heavy atom. The lowest BCUT2D eigenvalue weighted by molar-refractivity contribution is -0.139. The number of carboxylic acid groups (broad SMARTS) is 1. The molecule has 0 aliphatic heterocycles. The van der Waals surface area contributed by atoms with Gasteiger partial charge in [-0.1, -0.05) is 91.0 Å². The van der Waals surface area contributed by atoms with Gasteiger partial charge in [0, 0.05) is 25.0 Å². The number of carboxylic acids is 1. The minimum absolute atomic E-state index is 0.186. The summed E-state index contributed by atoms with van der Waals surface area (Å²) in [6, 6.07) is 29.0. The van der Waals surface area contributed by atoms with Crippen molar-refractivity contribution in [1.82, 2.24) is 19.6 Å². The highest BCUT2D eigenvalue weighted by molar-refractivity contribution is 5.77. The van der Waals surface area contributed by atoms with Gasteiger partial charge in [0.2, 0.25) is 0 Å². The number of imidazole rings is 2. The number of hydrogen-bond donors (Lipinski definition) is 2. The van der Waals surface area contributed by atoms with Crippen molar-refractivity contribution < 1.29 is 9.90 Å². The van der Waals surface area contributed by atoms with Crippen molar-refractivity contribution in [3.63, 3.8) is 0 Å². The van der Waals surface area contributed by atoms with E-state index in [4.69, 9.17) is 0 Å². The Bertz CT molecular complexity index is 1240. The molecule has 0 spiro atoms. The van der Waals surface area contributed by atoms with Gasteiger partial charge >= 0.3 is 5.97 Å². The molecule has 3 aromatic carbocycles. The zero-order valence-corrected chi connectivity index (χ0v) is 19.0. The average molecular weight is 464 g/mol. The normalized spacial score (nSPS) is 12.2. The predicted molar refractivity (Wildman–Crippen MR) is 133 cm³/mol. The summed E-state index contributed by atoms with van der Waals surface area (Å²) >= 11 is 0. The standard InChI is InChI=1S/C28H25N5O2/c34-27(35)26(18-25-19-30-20-31-25)33(32-17-16-29-21-32)28(22-10-4-1-5-11-22,23-12-6-2-7-13-23)24-14-8-3-9-15-24/h1-17,19-21,26H,18H2,(H,30,31)(H,34,35). The van der Waals surface area contributed by atoms with Crippen LogP contribution in [0.3, 0.4) is 0 Å². The molecule has 0 aliphatic carbocycles. The van der Waals surface area contributed by atoms with Crippen LogP contribution < -0.4 is 5.01 Å². The number of rotatable bonds is 9. The molecule has 0 bridgehead atoms. The number of nitrogens with zero attached hydrogens (tertiary/aromatic N) is 4. The molecule has 0 fully saturated rings. The van der Waals surface area contributed by atoms with Crippen molar-refractivity contribution in [2.45, 2.75) is 18.0 Å². The first-order valence-corrected chi connectivity index (χ1v) is 11.4. The Hall–Kier alpha value is -4.65.